The minimum atomic E-state index is -1.12. The van der Waals surface area contributed by atoms with E-state index in [1.54, 1.807) is 0 Å². The molecule has 0 aromatic carbocycles. The van der Waals surface area contributed by atoms with Gasteiger partial charge in [0.05, 0.1) is 12.0 Å². The largest absolute Gasteiger partial charge is 0.389 e. The predicted molar refractivity (Wildman–Crippen MR) is 69.0 cm³/mol. The topological polar surface area (TPSA) is 83.9 Å². The van der Waals surface area contributed by atoms with Gasteiger partial charge in [0, 0.05) is 12.8 Å². The maximum Gasteiger partial charge on any atom is 0.336 e. The molecular formula is C14H19NO5. The molecule has 1 N–H and O–H groups in total. The Morgan fingerprint density at radius 3 is 2.55 bits per heavy atom. The van der Waals surface area contributed by atoms with E-state index in [9.17, 15) is 19.5 Å². The van der Waals surface area contributed by atoms with Gasteiger partial charge in [0.1, 0.15) is 0 Å². The minimum Gasteiger partial charge on any atom is -0.389 e. The minimum absolute atomic E-state index is 0.0706. The van der Waals surface area contributed by atoms with Crippen molar-refractivity contribution >= 4 is 17.8 Å². The van der Waals surface area contributed by atoms with Crippen LogP contribution in [0.2, 0.25) is 0 Å². The molecule has 0 aromatic heterocycles. The highest BCUT2D eigenvalue weighted by Crippen LogP contribution is 2.27. The molecule has 20 heavy (non-hydrogen) atoms. The van der Waals surface area contributed by atoms with E-state index in [1.807, 2.05) is 6.08 Å². The Morgan fingerprint density at radius 1 is 1.20 bits per heavy atom. The third-order valence-electron chi connectivity index (χ3n) is 3.63. The summed E-state index contributed by atoms with van der Waals surface area (Å²) in [6, 6.07) is 0. The van der Waals surface area contributed by atoms with Crippen LogP contribution in [0.25, 0.3) is 0 Å². The maximum atomic E-state index is 11.8. The fraction of sp³-hybridized carbons (Fsp3) is 0.643. The molecule has 2 amide bonds. The zero-order valence-electron chi connectivity index (χ0n) is 11.3. The average Bonchev–Trinajstić information content (AvgIpc) is 2.66. The summed E-state index contributed by atoms with van der Waals surface area (Å²) < 4.78 is 0. The smallest absolute Gasteiger partial charge is 0.336 e. The van der Waals surface area contributed by atoms with Gasteiger partial charge in [-0.15, -0.1) is 5.06 Å². The summed E-state index contributed by atoms with van der Waals surface area (Å²) in [6.45, 7) is 0. The van der Waals surface area contributed by atoms with Crippen LogP contribution in [0.4, 0.5) is 0 Å². The van der Waals surface area contributed by atoms with E-state index < -0.39 is 23.4 Å². The standard InChI is InChI=1S/C14H19NO5/c16-11-6-7-12(17)15(11)20-13(18)10-14(19)8-4-2-1-3-5-9-14/h1-2,19H,3-10H2/b2-1-/t14-/m0/s1. The van der Waals surface area contributed by atoms with E-state index in [4.69, 9.17) is 4.84 Å². The molecule has 1 fully saturated rings. The van der Waals surface area contributed by atoms with Gasteiger partial charge in [0.15, 0.2) is 0 Å². The lowest BCUT2D eigenvalue weighted by atomic mass is 9.86. The number of hydroxylamine groups is 2. The quantitative estimate of drug-likeness (QED) is 0.621. The van der Waals surface area contributed by atoms with Gasteiger partial charge in [-0.05, 0) is 32.1 Å². The van der Waals surface area contributed by atoms with Gasteiger partial charge in [0.25, 0.3) is 11.8 Å². The van der Waals surface area contributed by atoms with E-state index in [0.29, 0.717) is 24.3 Å². The van der Waals surface area contributed by atoms with Crippen molar-refractivity contribution in [2.75, 3.05) is 0 Å². The molecule has 1 aliphatic carbocycles. The van der Waals surface area contributed by atoms with Gasteiger partial charge in [-0.2, -0.15) is 0 Å². The van der Waals surface area contributed by atoms with Crippen molar-refractivity contribution < 1.29 is 24.3 Å². The van der Waals surface area contributed by atoms with E-state index in [1.165, 1.54) is 0 Å². The van der Waals surface area contributed by atoms with Crippen LogP contribution in [0.3, 0.4) is 0 Å². The zero-order valence-corrected chi connectivity index (χ0v) is 11.3. The van der Waals surface area contributed by atoms with Gasteiger partial charge < -0.3 is 9.94 Å². The lowest BCUT2D eigenvalue weighted by Gasteiger charge is -2.28. The van der Waals surface area contributed by atoms with Crippen LogP contribution < -0.4 is 0 Å². The summed E-state index contributed by atoms with van der Waals surface area (Å²) in [5, 5.41) is 11.0. The molecule has 0 unspecified atom stereocenters. The molecule has 1 saturated heterocycles. The molecule has 1 aliphatic heterocycles. The Balaban J connectivity index is 1.91. The van der Waals surface area contributed by atoms with Gasteiger partial charge in [0.2, 0.25) is 0 Å². The first kappa shape index (κ1) is 14.7. The van der Waals surface area contributed by atoms with Crippen LogP contribution in [0.1, 0.15) is 51.4 Å². The van der Waals surface area contributed by atoms with Crippen molar-refractivity contribution in [1.29, 1.82) is 0 Å². The molecule has 0 saturated carbocycles. The number of hydrogen-bond donors (Lipinski definition) is 1. The molecular weight excluding hydrogens is 262 g/mol. The van der Waals surface area contributed by atoms with Crippen molar-refractivity contribution in [3.63, 3.8) is 0 Å². The molecule has 2 aliphatic rings. The average molecular weight is 281 g/mol. The monoisotopic (exact) mass is 281 g/mol. The van der Waals surface area contributed by atoms with E-state index in [2.05, 4.69) is 6.08 Å². The summed E-state index contributed by atoms with van der Waals surface area (Å²) >= 11 is 0. The van der Waals surface area contributed by atoms with Crippen molar-refractivity contribution in [1.82, 2.24) is 5.06 Å². The number of amides is 2. The molecule has 0 aromatic rings. The van der Waals surface area contributed by atoms with Crippen molar-refractivity contribution in [3.05, 3.63) is 12.2 Å². The second-order valence-corrected chi connectivity index (χ2v) is 5.35. The SMILES string of the molecule is O=C(C[C@]1(O)CC/C=C\CCC1)ON1C(=O)CCC1=O. The molecule has 1 atom stereocenters. The first-order valence-electron chi connectivity index (χ1n) is 6.94. The normalized spacial score (nSPS) is 28.9. The highest BCUT2D eigenvalue weighted by Gasteiger charge is 2.36. The third-order valence-corrected chi connectivity index (χ3v) is 3.63. The number of hydrogen-bond acceptors (Lipinski definition) is 5. The summed E-state index contributed by atoms with van der Waals surface area (Å²) in [5.41, 5.74) is -1.12. The summed E-state index contributed by atoms with van der Waals surface area (Å²) in [6.07, 6.45) is 7.35. The fourth-order valence-electron chi connectivity index (χ4n) is 2.50. The Kier molecular flexibility index (Phi) is 4.54. The van der Waals surface area contributed by atoms with Gasteiger partial charge in [-0.25, -0.2) is 4.79 Å². The van der Waals surface area contributed by atoms with E-state index >= 15 is 0 Å². The molecule has 0 radical (unpaired) electrons. The Morgan fingerprint density at radius 2 is 1.85 bits per heavy atom. The van der Waals surface area contributed by atoms with Crippen LogP contribution in [-0.2, 0) is 19.2 Å². The molecule has 1 heterocycles. The fourth-order valence-corrected chi connectivity index (χ4v) is 2.50. The summed E-state index contributed by atoms with van der Waals surface area (Å²) in [5.74, 6) is -1.74. The molecule has 6 heteroatoms. The lowest BCUT2D eigenvalue weighted by Crippen LogP contribution is -2.37. The number of imide groups is 1. The van der Waals surface area contributed by atoms with Crippen LogP contribution >= 0.6 is 0 Å². The Bertz CT molecular complexity index is 429. The van der Waals surface area contributed by atoms with Gasteiger partial charge >= 0.3 is 5.97 Å². The molecule has 6 nitrogen and oxygen atoms in total. The number of allylic oxidation sites excluding steroid dienone is 2. The zero-order chi connectivity index (χ0) is 14.6. The highest BCUT2D eigenvalue weighted by molar-refractivity contribution is 6.01. The van der Waals surface area contributed by atoms with E-state index in [-0.39, 0.29) is 19.3 Å². The Labute approximate surface area is 117 Å². The highest BCUT2D eigenvalue weighted by atomic mass is 16.7. The van der Waals surface area contributed by atoms with Crippen LogP contribution in [0.15, 0.2) is 12.2 Å². The molecule has 110 valence electrons. The molecule has 0 bridgehead atoms. The molecule has 0 spiro atoms. The maximum absolute atomic E-state index is 11.8. The second kappa shape index (κ2) is 6.17. The number of carbonyl (C=O) groups excluding carboxylic acids is 3. The van der Waals surface area contributed by atoms with Crippen molar-refractivity contribution in [2.45, 2.75) is 57.0 Å². The first-order chi connectivity index (χ1) is 9.50. The van der Waals surface area contributed by atoms with Crippen LogP contribution in [0, 0.1) is 0 Å². The summed E-state index contributed by atoms with van der Waals surface area (Å²) in [7, 11) is 0. The molecule has 2 rings (SSSR count). The first-order valence-corrected chi connectivity index (χ1v) is 6.94. The predicted octanol–water partition coefficient (Wildman–Crippen LogP) is 1.24. The van der Waals surface area contributed by atoms with Crippen LogP contribution in [0.5, 0.6) is 0 Å². The Hall–Kier alpha value is -1.69. The van der Waals surface area contributed by atoms with Crippen LogP contribution in [-0.4, -0.2) is 33.6 Å². The second-order valence-electron chi connectivity index (χ2n) is 5.35. The van der Waals surface area contributed by atoms with Gasteiger partial charge in [-0.3, -0.25) is 9.59 Å². The van der Waals surface area contributed by atoms with Gasteiger partial charge in [-0.1, -0.05) is 12.2 Å². The number of aliphatic hydroxyl groups is 1. The number of nitrogens with zero attached hydrogens (tertiary/aromatic N) is 1. The number of carbonyl (C=O) groups is 3. The van der Waals surface area contributed by atoms with Crippen molar-refractivity contribution in [2.24, 2.45) is 0 Å². The third kappa shape index (κ3) is 3.66. The summed E-state index contributed by atoms with van der Waals surface area (Å²) in [4.78, 5) is 39.3. The lowest BCUT2D eigenvalue weighted by molar-refractivity contribution is -0.200. The number of rotatable bonds is 3. The van der Waals surface area contributed by atoms with E-state index in [0.717, 1.165) is 12.8 Å². The van der Waals surface area contributed by atoms with Crippen molar-refractivity contribution in [3.8, 4) is 0 Å².